The van der Waals surface area contributed by atoms with Gasteiger partial charge >= 0.3 is 0 Å². The summed E-state index contributed by atoms with van der Waals surface area (Å²) in [6, 6.07) is 3.46. The molecule has 0 spiro atoms. The van der Waals surface area contributed by atoms with E-state index in [4.69, 9.17) is 10.7 Å². The number of fused-ring (bicyclic) bond motifs is 1. The number of halogens is 1. The molecule has 4 atom stereocenters. The zero-order valence-electron chi connectivity index (χ0n) is 18.4. The number of rotatable bonds is 6. The molecule has 7 heteroatoms. The fourth-order valence-corrected chi connectivity index (χ4v) is 6.11. The summed E-state index contributed by atoms with van der Waals surface area (Å²) in [4.78, 5) is 14.4. The van der Waals surface area contributed by atoms with Gasteiger partial charge in [-0.1, -0.05) is 0 Å². The normalized spacial score (nSPS) is 31.2. The minimum atomic E-state index is -0.225. The summed E-state index contributed by atoms with van der Waals surface area (Å²) in [6.45, 7) is 6.62. The summed E-state index contributed by atoms with van der Waals surface area (Å²) in [5, 5.41) is 0. The van der Waals surface area contributed by atoms with Crippen molar-refractivity contribution in [3.05, 3.63) is 29.8 Å². The van der Waals surface area contributed by atoms with Gasteiger partial charge in [0, 0.05) is 68.7 Å². The highest BCUT2D eigenvalue weighted by Crippen LogP contribution is 2.62. The smallest absolute Gasteiger partial charge is 0.126 e. The molecule has 31 heavy (non-hydrogen) atoms. The van der Waals surface area contributed by atoms with Crippen molar-refractivity contribution in [3.8, 4) is 11.3 Å². The number of aromatic nitrogens is 3. The Balaban J connectivity index is 1.15. The molecule has 1 saturated heterocycles. The molecule has 2 N–H and O–H groups in total. The Labute approximate surface area is 183 Å². The number of hydrogen-bond acceptors (Lipinski definition) is 5. The number of alkyl halides is 1. The maximum absolute atomic E-state index is 12.6. The quantitative estimate of drug-likeness (QED) is 0.771. The molecule has 1 aliphatic heterocycles. The van der Waals surface area contributed by atoms with Crippen LogP contribution in [0.2, 0.25) is 0 Å². The Morgan fingerprint density at radius 3 is 2.52 bits per heavy atom. The van der Waals surface area contributed by atoms with Crippen molar-refractivity contribution < 1.29 is 4.39 Å². The second-order valence-corrected chi connectivity index (χ2v) is 10.1. The molecule has 0 bridgehead atoms. The zero-order valence-corrected chi connectivity index (χ0v) is 18.4. The van der Waals surface area contributed by atoms with Crippen LogP contribution in [-0.2, 0) is 0 Å². The van der Waals surface area contributed by atoms with E-state index < -0.39 is 0 Å². The van der Waals surface area contributed by atoms with E-state index in [-0.39, 0.29) is 6.67 Å². The molecule has 2 aromatic heterocycles. The predicted octanol–water partition coefficient (Wildman–Crippen LogP) is 3.25. The zero-order chi connectivity index (χ0) is 21.1. The Morgan fingerprint density at radius 2 is 1.87 bits per heavy atom. The van der Waals surface area contributed by atoms with Gasteiger partial charge < -0.3 is 10.3 Å². The minimum absolute atomic E-state index is 0.225. The van der Waals surface area contributed by atoms with Crippen molar-refractivity contribution in [3.63, 3.8) is 0 Å². The van der Waals surface area contributed by atoms with Crippen LogP contribution in [0.4, 0.5) is 10.2 Å². The number of aryl methyl sites for hydroxylation is 1. The van der Waals surface area contributed by atoms with E-state index >= 15 is 0 Å². The number of anilines is 1. The van der Waals surface area contributed by atoms with E-state index in [1.165, 1.54) is 31.5 Å². The highest BCUT2D eigenvalue weighted by atomic mass is 19.1. The molecule has 0 amide bonds. The number of pyridine rings is 1. The molecule has 166 valence electrons. The average Bonchev–Trinajstić information content (AvgIpc) is 3.65. The van der Waals surface area contributed by atoms with Crippen molar-refractivity contribution in [2.45, 2.75) is 50.6 Å². The van der Waals surface area contributed by atoms with E-state index in [0.717, 1.165) is 60.9 Å². The second kappa shape index (κ2) is 7.55. The third kappa shape index (κ3) is 3.55. The first-order valence-electron chi connectivity index (χ1n) is 12.0. The van der Waals surface area contributed by atoms with Gasteiger partial charge in [0.05, 0.1) is 5.69 Å². The standard InChI is InChI=1S/C24H33FN6/c1-15-10-17(13-27-23(15)26)21-14-31(24(28-21)16-2-3-16)22-19-11-18(12-20(19)22)30-8-6-29(5-4-25)7-9-30/h10,13-14,16,18-20,22H,2-9,11-12H2,1H3,(H2,26,27)/t18?,19-,20+,22?. The van der Waals surface area contributed by atoms with Gasteiger partial charge in [-0.05, 0) is 56.1 Å². The van der Waals surface area contributed by atoms with Crippen LogP contribution in [0, 0.1) is 18.8 Å². The van der Waals surface area contributed by atoms with Crippen molar-refractivity contribution in [2.75, 3.05) is 45.1 Å². The molecule has 0 aromatic carbocycles. The number of imidazole rings is 1. The third-order valence-electron chi connectivity index (χ3n) is 8.14. The maximum Gasteiger partial charge on any atom is 0.126 e. The Bertz CT molecular complexity index is 949. The molecule has 3 saturated carbocycles. The second-order valence-electron chi connectivity index (χ2n) is 10.1. The number of hydrogen-bond donors (Lipinski definition) is 1. The predicted molar refractivity (Wildman–Crippen MR) is 120 cm³/mol. The highest BCUT2D eigenvalue weighted by molar-refractivity contribution is 5.61. The van der Waals surface area contributed by atoms with Crippen LogP contribution in [0.1, 0.15) is 49.0 Å². The van der Waals surface area contributed by atoms with Crippen molar-refractivity contribution >= 4 is 5.82 Å². The van der Waals surface area contributed by atoms with Gasteiger partial charge in [-0.25, -0.2) is 14.4 Å². The monoisotopic (exact) mass is 424 g/mol. The molecule has 0 radical (unpaired) electrons. The van der Waals surface area contributed by atoms with Crippen LogP contribution in [0.3, 0.4) is 0 Å². The van der Waals surface area contributed by atoms with Gasteiger partial charge in [0.2, 0.25) is 0 Å². The molecule has 3 aliphatic carbocycles. The maximum atomic E-state index is 12.6. The van der Waals surface area contributed by atoms with Crippen LogP contribution < -0.4 is 5.73 Å². The number of nitrogen functional groups attached to an aromatic ring is 1. The first-order chi connectivity index (χ1) is 15.1. The molecule has 6 nitrogen and oxygen atoms in total. The summed E-state index contributed by atoms with van der Waals surface area (Å²) < 4.78 is 15.1. The highest BCUT2D eigenvalue weighted by Gasteiger charge is 2.58. The average molecular weight is 425 g/mol. The molecule has 3 heterocycles. The SMILES string of the molecule is Cc1cc(-c2cn(C3[C@H]4CC(N5CCN(CCF)CC5)C[C@@H]34)c(C3CC3)n2)cnc1N. The van der Waals surface area contributed by atoms with Gasteiger partial charge in [-0.2, -0.15) is 0 Å². The lowest BCUT2D eigenvalue weighted by Crippen LogP contribution is -2.50. The van der Waals surface area contributed by atoms with Crippen LogP contribution in [-0.4, -0.2) is 69.8 Å². The summed E-state index contributed by atoms with van der Waals surface area (Å²) in [7, 11) is 0. The molecular weight excluding hydrogens is 391 g/mol. The van der Waals surface area contributed by atoms with Crippen LogP contribution in [0.25, 0.3) is 11.3 Å². The van der Waals surface area contributed by atoms with Gasteiger partial charge in [-0.3, -0.25) is 9.80 Å². The fraction of sp³-hybridized carbons (Fsp3) is 0.667. The molecule has 4 aliphatic rings. The Morgan fingerprint density at radius 1 is 1.13 bits per heavy atom. The summed E-state index contributed by atoms with van der Waals surface area (Å²) in [5.41, 5.74) is 9.05. The van der Waals surface area contributed by atoms with E-state index in [9.17, 15) is 4.39 Å². The third-order valence-corrected chi connectivity index (χ3v) is 8.14. The van der Waals surface area contributed by atoms with E-state index in [1.54, 1.807) is 0 Å². The Kier molecular flexibility index (Phi) is 4.79. The van der Waals surface area contributed by atoms with Crippen molar-refractivity contribution in [2.24, 2.45) is 11.8 Å². The first-order valence-corrected chi connectivity index (χ1v) is 12.0. The molecule has 4 fully saturated rings. The lowest BCUT2D eigenvalue weighted by atomic mass is 10.1. The summed E-state index contributed by atoms with van der Waals surface area (Å²) in [5.74, 6) is 4.11. The fourth-order valence-electron chi connectivity index (χ4n) is 6.11. The number of nitrogens with zero attached hydrogens (tertiary/aromatic N) is 5. The lowest BCUT2D eigenvalue weighted by Gasteiger charge is -2.38. The first kappa shape index (κ1) is 19.7. The number of piperazine rings is 1. The topological polar surface area (TPSA) is 63.2 Å². The van der Waals surface area contributed by atoms with Gasteiger partial charge in [0.25, 0.3) is 0 Å². The van der Waals surface area contributed by atoms with E-state index in [2.05, 4.69) is 31.6 Å². The van der Waals surface area contributed by atoms with Gasteiger partial charge in [0.1, 0.15) is 18.3 Å². The van der Waals surface area contributed by atoms with Crippen LogP contribution >= 0.6 is 0 Å². The summed E-state index contributed by atoms with van der Waals surface area (Å²) in [6.07, 6.45) is 9.29. The molecule has 2 unspecified atom stereocenters. The largest absolute Gasteiger partial charge is 0.383 e. The van der Waals surface area contributed by atoms with E-state index in [0.29, 0.717) is 24.3 Å². The summed E-state index contributed by atoms with van der Waals surface area (Å²) >= 11 is 0. The van der Waals surface area contributed by atoms with Crippen molar-refractivity contribution in [1.29, 1.82) is 0 Å². The Hall–Kier alpha value is -1.99. The minimum Gasteiger partial charge on any atom is -0.383 e. The molecular formula is C24H33FN6. The van der Waals surface area contributed by atoms with Gasteiger partial charge in [0.15, 0.2) is 0 Å². The lowest BCUT2D eigenvalue weighted by molar-refractivity contribution is 0.0873. The molecule has 2 aromatic rings. The van der Waals surface area contributed by atoms with Gasteiger partial charge in [-0.15, -0.1) is 0 Å². The van der Waals surface area contributed by atoms with Crippen LogP contribution in [0.5, 0.6) is 0 Å². The number of nitrogens with two attached hydrogens (primary N) is 1. The molecule has 6 rings (SSSR count). The van der Waals surface area contributed by atoms with Crippen LogP contribution in [0.15, 0.2) is 18.5 Å². The van der Waals surface area contributed by atoms with E-state index in [1.807, 2.05) is 13.1 Å². The van der Waals surface area contributed by atoms with Crippen molar-refractivity contribution in [1.82, 2.24) is 24.3 Å².